The molecule has 0 atom stereocenters. The zero-order valence-corrected chi connectivity index (χ0v) is 18.1. The Balaban J connectivity index is 1.49. The van der Waals surface area contributed by atoms with E-state index in [9.17, 15) is 14.4 Å². The molecule has 156 valence electrons. The maximum atomic E-state index is 12.3. The second-order valence-electron chi connectivity index (χ2n) is 6.87. The first kappa shape index (κ1) is 21.8. The molecule has 2 aromatic carbocycles. The van der Waals surface area contributed by atoms with Crippen LogP contribution < -0.4 is 10.6 Å². The van der Waals surface area contributed by atoms with Crippen LogP contribution in [0.25, 0.3) is 10.1 Å². The Kier molecular flexibility index (Phi) is 7.07. The topological polar surface area (TPSA) is 84.5 Å². The van der Waals surface area contributed by atoms with Crippen molar-refractivity contribution in [3.63, 3.8) is 0 Å². The summed E-state index contributed by atoms with van der Waals surface area (Å²) in [5.41, 5.74) is 1.67. The minimum absolute atomic E-state index is 0.236. The van der Waals surface area contributed by atoms with E-state index < -0.39 is 24.4 Å². The number of nitrogens with one attached hydrogen (secondary N) is 2. The van der Waals surface area contributed by atoms with Gasteiger partial charge in [0, 0.05) is 15.8 Å². The number of rotatable bonds is 7. The Morgan fingerprint density at radius 2 is 1.77 bits per heavy atom. The number of carbonyl (C=O) groups is 3. The van der Waals surface area contributed by atoms with Crippen molar-refractivity contribution in [3.8, 4) is 0 Å². The van der Waals surface area contributed by atoms with Crippen LogP contribution in [-0.4, -0.2) is 30.9 Å². The molecule has 1 aromatic heterocycles. The number of amides is 2. The average molecular weight is 445 g/mol. The quantitative estimate of drug-likeness (QED) is 0.522. The molecule has 0 aliphatic rings. The van der Waals surface area contributed by atoms with Gasteiger partial charge in [0.25, 0.3) is 11.8 Å². The van der Waals surface area contributed by atoms with Crippen molar-refractivity contribution in [1.82, 2.24) is 5.32 Å². The third-order valence-corrected chi connectivity index (χ3v) is 6.03. The predicted octanol–water partition coefficient (Wildman–Crippen LogP) is 4.59. The first-order chi connectivity index (χ1) is 14.4. The highest BCUT2D eigenvalue weighted by atomic mass is 35.5. The molecule has 3 rings (SSSR count). The largest absolute Gasteiger partial charge is 0.454 e. The number of halogens is 1. The lowest BCUT2D eigenvalue weighted by molar-refractivity contribution is -0.146. The molecule has 8 heteroatoms. The number of para-hydroxylation sites is 1. The van der Waals surface area contributed by atoms with Gasteiger partial charge in [-0.2, -0.15) is 0 Å². The highest BCUT2D eigenvalue weighted by molar-refractivity contribution is 7.21. The lowest BCUT2D eigenvalue weighted by Crippen LogP contribution is -2.32. The van der Waals surface area contributed by atoms with Gasteiger partial charge in [-0.3, -0.25) is 14.4 Å². The monoisotopic (exact) mass is 444 g/mol. The van der Waals surface area contributed by atoms with Crippen LogP contribution in [0.15, 0.2) is 48.5 Å². The second-order valence-corrected chi connectivity index (χ2v) is 8.30. The summed E-state index contributed by atoms with van der Waals surface area (Å²) >= 11 is 7.51. The lowest BCUT2D eigenvalue weighted by Gasteiger charge is -2.13. The molecule has 0 aliphatic heterocycles. The highest BCUT2D eigenvalue weighted by Gasteiger charge is 2.18. The van der Waals surface area contributed by atoms with Gasteiger partial charge < -0.3 is 15.4 Å². The van der Waals surface area contributed by atoms with Gasteiger partial charge in [-0.1, -0.05) is 61.8 Å². The van der Waals surface area contributed by atoms with Gasteiger partial charge in [0.1, 0.15) is 11.4 Å². The highest BCUT2D eigenvalue weighted by Crippen LogP contribution is 2.34. The number of fused-ring (bicyclic) bond motifs is 1. The third-order valence-electron chi connectivity index (χ3n) is 4.36. The van der Waals surface area contributed by atoms with Crippen molar-refractivity contribution in [2.24, 2.45) is 0 Å². The Labute approximate surface area is 183 Å². The predicted molar refractivity (Wildman–Crippen MR) is 119 cm³/mol. The number of ether oxygens (including phenoxy) is 1. The van der Waals surface area contributed by atoms with Crippen LogP contribution in [0.5, 0.6) is 0 Å². The molecule has 0 fully saturated rings. The summed E-state index contributed by atoms with van der Waals surface area (Å²) in [4.78, 5) is 36.7. The number of hydrogen-bond donors (Lipinski definition) is 2. The van der Waals surface area contributed by atoms with E-state index in [4.69, 9.17) is 16.3 Å². The van der Waals surface area contributed by atoms with Crippen molar-refractivity contribution in [1.29, 1.82) is 0 Å². The average Bonchev–Trinajstić information content (AvgIpc) is 3.07. The molecule has 3 aromatic rings. The van der Waals surface area contributed by atoms with E-state index in [1.807, 2.05) is 56.3 Å². The minimum Gasteiger partial charge on any atom is -0.454 e. The van der Waals surface area contributed by atoms with Gasteiger partial charge in [0.05, 0.1) is 5.02 Å². The molecule has 6 nitrogen and oxygen atoms in total. The number of carbonyl (C=O) groups excluding carboxylic acids is 3. The summed E-state index contributed by atoms with van der Waals surface area (Å²) in [6, 6.07) is 14.8. The van der Waals surface area contributed by atoms with E-state index in [0.717, 1.165) is 15.6 Å². The van der Waals surface area contributed by atoms with E-state index >= 15 is 0 Å². The van der Waals surface area contributed by atoms with Crippen LogP contribution >= 0.6 is 22.9 Å². The fourth-order valence-electron chi connectivity index (χ4n) is 2.89. The maximum absolute atomic E-state index is 12.3. The summed E-state index contributed by atoms with van der Waals surface area (Å²) < 4.78 is 5.84. The summed E-state index contributed by atoms with van der Waals surface area (Å²) in [6.07, 6.45) is 0. The summed E-state index contributed by atoms with van der Waals surface area (Å²) in [5, 5.41) is 6.36. The van der Waals surface area contributed by atoms with E-state index in [-0.39, 0.29) is 12.5 Å². The maximum Gasteiger partial charge on any atom is 0.325 e. The molecular formula is C22H21ClN2O4S. The van der Waals surface area contributed by atoms with Gasteiger partial charge in [0.2, 0.25) is 0 Å². The van der Waals surface area contributed by atoms with E-state index in [0.29, 0.717) is 15.6 Å². The number of anilines is 1. The number of esters is 1. The minimum atomic E-state index is -0.715. The Bertz CT molecular complexity index is 1090. The van der Waals surface area contributed by atoms with Crippen molar-refractivity contribution >= 4 is 56.5 Å². The van der Waals surface area contributed by atoms with E-state index in [2.05, 4.69) is 10.6 Å². The van der Waals surface area contributed by atoms with Crippen molar-refractivity contribution in [2.75, 3.05) is 18.5 Å². The molecule has 0 spiro atoms. The smallest absolute Gasteiger partial charge is 0.325 e. The van der Waals surface area contributed by atoms with Crippen molar-refractivity contribution < 1.29 is 19.1 Å². The Hall–Kier alpha value is -2.90. The summed E-state index contributed by atoms with van der Waals surface area (Å²) in [7, 11) is 0. The zero-order chi connectivity index (χ0) is 21.7. The van der Waals surface area contributed by atoms with Crippen LogP contribution in [0, 0.1) is 0 Å². The third kappa shape index (κ3) is 5.17. The van der Waals surface area contributed by atoms with E-state index in [1.165, 1.54) is 11.3 Å². The van der Waals surface area contributed by atoms with Crippen molar-refractivity contribution in [2.45, 2.75) is 19.8 Å². The molecule has 0 aliphatic carbocycles. The van der Waals surface area contributed by atoms with Gasteiger partial charge >= 0.3 is 5.97 Å². The Morgan fingerprint density at radius 3 is 2.50 bits per heavy atom. The second kappa shape index (κ2) is 9.73. The summed E-state index contributed by atoms with van der Waals surface area (Å²) in [6.45, 7) is 3.25. The van der Waals surface area contributed by atoms with Crippen LogP contribution in [0.2, 0.25) is 5.02 Å². The molecule has 1 heterocycles. The fourth-order valence-corrected chi connectivity index (χ4v) is 4.32. The normalized spacial score (nSPS) is 10.8. The fraction of sp³-hybridized carbons (Fsp3) is 0.227. The number of benzene rings is 2. The van der Waals surface area contributed by atoms with Crippen LogP contribution in [0.3, 0.4) is 0 Å². The molecule has 30 heavy (non-hydrogen) atoms. The summed E-state index contributed by atoms with van der Waals surface area (Å²) in [5.74, 6) is -1.39. The zero-order valence-electron chi connectivity index (χ0n) is 16.5. The Morgan fingerprint density at radius 1 is 1.07 bits per heavy atom. The first-order valence-electron chi connectivity index (χ1n) is 9.36. The number of hydrogen-bond acceptors (Lipinski definition) is 5. The van der Waals surface area contributed by atoms with Gasteiger partial charge in [-0.05, 0) is 23.6 Å². The molecular weight excluding hydrogens is 424 g/mol. The molecule has 0 radical (unpaired) electrons. The van der Waals surface area contributed by atoms with Gasteiger partial charge in [-0.25, -0.2) is 0 Å². The lowest BCUT2D eigenvalue weighted by atomic mass is 10.0. The van der Waals surface area contributed by atoms with E-state index in [1.54, 1.807) is 6.07 Å². The molecule has 0 saturated heterocycles. The first-order valence-corrected chi connectivity index (χ1v) is 10.6. The molecule has 2 N–H and O–H groups in total. The van der Waals surface area contributed by atoms with Crippen LogP contribution in [0.1, 0.15) is 35.0 Å². The standard InChI is InChI=1S/C22H21ClN2O4S/c1-13(2)14-7-3-5-9-16(14)25-18(26)12-29-19(27)11-24-22(28)21-20(23)15-8-4-6-10-17(15)30-21/h3-10,13H,11-12H2,1-2H3,(H,24,28)(H,25,26). The molecule has 0 saturated carbocycles. The van der Waals surface area contributed by atoms with Crippen LogP contribution in [-0.2, 0) is 14.3 Å². The molecule has 0 unspecified atom stereocenters. The molecule has 2 amide bonds. The number of thiophene rings is 1. The molecule has 0 bridgehead atoms. The van der Waals surface area contributed by atoms with Crippen molar-refractivity contribution in [3.05, 3.63) is 64.0 Å². The SMILES string of the molecule is CC(C)c1ccccc1NC(=O)COC(=O)CNC(=O)c1sc2ccccc2c1Cl. The van der Waals surface area contributed by atoms with Gasteiger partial charge in [0.15, 0.2) is 6.61 Å². The van der Waals surface area contributed by atoms with Gasteiger partial charge in [-0.15, -0.1) is 11.3 Å². The van der Waals surface area contributed by atoms with Crippen LogP contribution in [0.4, 0.5) is 5.69 Å².